The van der Waals surface area contributed by atoms with Gasteiger partial charge in [-0.3, -0.25) is 0 Å². The average molecular weight is 204 g/mol. The van der Waals surface area contributed by atoms with E-state index in [0.29, 0.717) is 5.92 Å². The largest absolute Gasteiger partial charge is 0.385 e. The second-order valence-corrected chi connectivity index (χ2v) is 4.68. The van der Waals surface area contributed by atoms with Crippen LogP contribution in [0.3, 0.4) is 0 Å². The Morgan fingerprint density at radius 2 is 2.07 bits per heavy atom. The minimum Gasteiger partial charge on any atom is -0.385 e. The summed E-state index contributed by atoms with van der Waals surface area (Å²) in [7, 11) is 0. The number of ether oxygens (including phenoxy) is 1. The molecule has 1 aliphatic heterocycles. The van der Waals surface area contributed by atoms with Gasteiger partial charge in [0, 0.05) is 12.5 Å². The van der Waals surface area contributed by atoms with Crippen LogP contribution in [0.5, 0.6) is 0 Å². The van der Waals surface area contributed by atoms with Crippen LogP contribution < -0.4 is 0 Å². The lowest BCUT2D eigenvalue weighted by molar-refractivity contribution is 0.149. The summed E-state index contributed by atoms with van der Waals surface area (Å²) < 4.78 is 5.42. The van der Waals surface area contributed by atoms with Crippen LogP contribution in [0, 0.1) is 0 Å². The van der Waals surface area contributed by atoms with E-state index >= 15 is 0 Å². The highest BCUT2D eigenvalue weighted by molar-refractivity contribution is 5.38. The molecule has 0 bridgehead atoms. The van der Waals surface area contributed by atoms with Gasteiger partial charge < -0.3 is 9.84 Å². The summed E-state index contributed by atoms with van der Waals surface area (Å²) in [6.07, 6.45) is 2.92. The number of hydrogen-bond donors (Lipinski definition) is 1. The molecule has 1 heterocycles. The van der Waals surface area contributed by atoms with E-state index < -0.39 is 5.60 Å². The molecule has 2 heteroatoms. The van der Waals surface area contributed by atoms with E-state index in [1.807, 2.05) is 6.07 Å². The second kappa shape index (κ2) is 3.32. The van der Waals surface area contributed by atoms with E-state index in [1.54, 1.807) is 0 Å². The summed E-state index contributed by atoms with van der Waals surface area (Å²) in [4.78, 5) is 0. The lowest BCUT2D eigenvalue weighted by Crippen LogP contribution is -2.11. The Bertz CT molecular complexity index is 363. The third kappa shape index (κ3) is 1.58. The van der Waals surface area contributed by atoms with E-state index in [-0.39, 0.29) is 0 Å². The summed E-state index contributed by atoms with van der Waals surface area (Å²) in [5.74, 6) is 0.492. The van der Waals surface area contributed by atoms with E-state index in [2.05, 4.69) is 18.2 Å². The van der Waals surface area contributed by atoms with Crippen molar-refractivity contribution in [2.45, 2.75) is 30.8 Å². The molecule has 15 heavy (non-hydrogen) atoms. The first-order valence-corrected chi connectivity index (χ1v) is 5.69. The minimum atomic E-state index is -0.515. The van der Waals surface area contributed by atoms with Gasteiger partial charge in [-0.1, -0.05) is 24.3 Å². The van der Waals surface area contributed by atoms with Gasteiger partial charge in [-0.15, -0.1) is 0 Å². The van der Waals surface area contributed by atoms with E-state index in [1.165, 1.54) is 5.56 Å². The molecule has 1 N–H and O–H groups in total. The molecule has 2 nitrogen and oxygen atoms in total. The van der Waals surface area contributed by atoms with Gasteiger partial charge in [0.25, 0.3) is 0 Å². The summed E-state index contributed by atoms with van der Waals surface area (Å²) in [6, 6.07) is 8.29. The fourth-order valence-corrected chi connectivity index (χ4v) is 2.44. The molecule has 1 atom stereocenters. The van der Waals surface area contributed by atoms with E-state index in [9.17, 15) is 5.11 Å². The van der Waals surface area contributed by atoms with Crippen molar-refractivity contribution < 1.29 is 9.84 Å². The van der Waals surface area contributed by atoms with Gasteiger partial charge in [-0.2, -0.15) is 0 Å². The van der Waals surface area contributed by atoms with Crippen LogP contribution >= 0.6 is 0 Å². The number of benzene rings is 1. The van der Waals surface area contributed by atoms with Crippen molar-refractivity contribution in [3.8, 4) is 0 Å². The first-order chi connectivity index (χ1) is 7.30. The zero-order chi connectivity index (χ0) is 10.3. The highest BCUT2D eigenvalue weighted by Crippen LogP contribution is 2.48. The van der Waals surface area contributed by atoms with Crippen molar-refractivity contribution >= 4 is 0 Å². The Hall–Kier alpha value is -0.860. The topological polar surface area (TPSA) is 29.5 Å². The van der Waals surface area contributed by atoms with E-state index in [0.717, 1.165) is 38.0 Å². The molecule has 2 fully saturated rings. The fraction of sp³-hybridized carbons (Fsp3) is 0.538. The highest BCUT2D eigenvalue weighted by Gasteiger charge is 2.44. The molecule has 80 valence electrons. The Morgan fingerprint density at radius 1 is 1.27 bits per heavy atom. The van der Waals surface area contributed by atoms with Crippen LogP contribution in [-0.4, -0.2) is 18.3 Å². The first kappa shape index (κ1) is 9.37. The fourth-order valence-electron chi connectivity index (χ4n) is 2.44. The van der Waals surface area contributed by atoms with Crippen molar-refractivity contribution in [3.05, 3.63) is 35.4 Å². The molecule has 0 aromatic heterocycles. The van der Waals surface area contributed by atoms with Crippen molar-refractivity contribution in [2.24, 2.45) is 0 Å². The van der Waals surface area contributed by atoms with Crippen molar-refractivity contribution in [1.82, 2.24) is 0 Å². The predicted molar refractivity (Wildman–Crippen MR) is 57.7 cm³/mol. The molecule has 2 aliphatic rings. The van der Waals surface area contributed by atoms with Crippen molar-refractivity contribution in [1.29, 1.82) is 0 Å². The van der Waals surface area contributed by atoms with Gasteiger partial charge in [0.2, 0.25) is 0 Å². The molecule has 1 aliphatic carbocycles. The zero-order valence-corrected chi connectivity index (χ0v) is 8.78. The van der Waals surface area contributed by atoms with Crippen LogP contribution in [0.2, 0.25) is 0 Å². The lowest BCUT2D eigenvalue weighted by Gasteiger charge is -2.17. The Morgan fingerprint density at radius 3 is 2.73 bits per heavy atom. The maximum Gasteiger partial charge on any atom is 0.0901 e. The van der Waals surface area contributed by atoms with Crippen LogP contribution in [0.4, 0.5) is 0 Å². The second-order valence-electron chi connectivity index (χ2n) is 4.68. The van der Waals surface area contributed by atoms with Gasteiger partial charge in [0.1, 0.15) is 0 Å². The molecular weight excluding hydrogens is 188 g/mol. The lowest BCUT2D eigenvalue weighted by atomic mass is 9.90. The van der Waals surface area contributed by atoms with Gasteiger partial charge in [-0.05, 0) is 30.4 Å². The smallest absolute Gasteiger partial charge is 0.0901 e. The van der Waals surface area contributed by atoms with Gasteiger partial charge >= 0.3 is 0 Å². The Labute approximate surface area is 89.9 Å². The average Bonchev–Trinajstić information content (AvgIpc) is 2.84. The zero-order valence-electron chi connectivity index (χ0n) is 8.78. The highest BCUT2D eigenvalue weighted by atomic mass is 16.5. The quantitative estimate of drug-likeness (QED) is 0.800. The summed E-state index contributed by atoms with van der Waals surface area (Å²) in [5.41, 5.74) is 1.93. The number of hydrogen-bond acceptors (Lipinski definition) is 2. The normalized spacial score (nSPS) is 27.9. The molecule has 0 amide bonds. The Kier molecular flexibility index (Phi) is 2.08. The molecule has 1 unspecified atom stereocenters. The predicted octanol–water partition coefficient (Wildman–Crippen LogP) is 2.17. The van der Waals surface area contributed by atoms with Crippen molar-refractivity contribution in [3.63, 3.8) is 0 Å². The Balaban J connectivity index is 1.98. The third-order valence-corrected chi connectivity index (χ3v) is 3.56. The molecule has 3 rings (SSSR count). The number of aliphatic hydroxyl groups is 1. The van der Waals surface area contributed by atoms with Gasteiger partial charge in [0.15, 0.2) is 0 Å². The molecule has 0 radical (unpaired) electrons. The third-order valence-electron chi connectivity index (χ3n) is 3.56. The molecule has 1 aromatic rings. The van der Waals surface area contributed by atoms with E-state index in [4.69, 9.17) is 4.74 Å². The summed E-state index contributed by atoms with van der Waals surface area (Å²) in [6.45, 7) is 1.67. The maximum absolute atomic E-state index is 10.2. The van der Waals surface area contributed by atoms with Crippen molar-refractivity contribution in [2.75, 3.05) is 13.2 Å². The van der Waals surface area contributed by atoms with Crippen LogP contribution in [-0.2, 0) is 10.3 Å². The van der Waals surface area contributed by atoms with Crippen LogP contribution in [0.25, 0.3) is 0 Å². The monoisotopic (exact) mass is 204 g/mol. The summed E-state index contributed by atoms with van der Waals surface area (Å²) >= 11 is 0. The molecule has 0 spiro atoms. The SMILES string of the molecule is OC1(c2ccccc2C2CCOC2)CC1. The standard InChI is InChI=1S/C13H16O2/c14-13(6-7-13)12-4-2-1-3-11(12)10-5-8-15-9-10/h1-4,10,14H,5-9H2. The number of rotatable bonds is 2. The molecular formula is C13H16O2. The molecule has 1 saturated carbocycles. The summed E-state index contributed by atoms with van der Waals surface area (Å²) in [5, 5.41) is 10.2. The van der Waals surface area contributed by atoms with Gasteiger partial charge in [-0.25, -0.2) is 0 Å². The maximum atomic E-state index is 10.2. The molecule has 1 aromatic carbocycles. The minimum absolute atomic E-state index is 0.492. The molecule has 1 saturated heterocycles. The van der Waals surface area contributed by atoms with Crippen LogP contribution in [0.15, 0.2) is 24.3 Å². The first-order valence-electron chi connectivity index (χ1n) is 5.69. The van der Waals surface area contributed by atoms with Gasteiger partial charge in [0.05, 0.1) is 12.2 Å². The van der Waals surface area contributed by atoms with Crippen LogP contribution in [0.1, 0.15) is 36.3 Å².